The zero-order valence-corrected chi connectivity index (χ0v) is 14.6. The minimum Gasteiger partial charge on any atom is -0.349 e. The zero-order chi connectivity index (χ0) is 20.5. The van der Waals surface area contributed by atoms with Gasteiger partial charge in [-0.2, -0.15) is 26.3 Å². The molecule has 2 nitrogen and oxygen atoms in total. The van der Waals surface area contributed by atoms with Gasteiger partial charge in [-0.25, -0.2) is 0 Å². The summed E-state index contributed by atoms with van der Waals surface area (Å²) in [5, 5.41) is 2.53. The standard InChI is InChI=1S/C20H17F6NO/c21-19(22,23)15-9-3-1-6-12(15)13-8-5-11-17(13)27-18(28)14-7-2-4-10-16(14)20(24,25)26/h1-4,6-7,9-10,13,17H,5,8,11H2,(H,27,28)/t13-,17+/m0/s1. The van der Waals surface area contributed by atoms with Crippen molar-refractivity contribution < 1.29 is 31.1 Å². The maximum atomic E-state index is 13.3. The third kappa shape index (κ3) is 4.15. The molecule has 0 spiro atoms. The van der Waals surface area contributed by atoms with Gasteiger partial charge in [0.2, 0.25) is 0 Å². The average molecular weight is 401 g/mol. The molecule has 0 heterocycles. The lowest BCUT2D eigenvalue weighted by Crippen LogP contribution is -2.37. The number of amides is 1. The number of hydrogen-bond acceptors (Lipinski definition) is 1. The Morgan fingerprint density at radius 2 is 1.39 bits per heavy atom. The van der Waals surface area contributed by atoms with Crippen molar-refractivity contribution in [1.82, 2.24) is 5.32 Å². The van der Waals surface area contributed by atoms with Gasteiger partial charge in [0.05, 0.1) is 16.7 Å². The van der Waals surface area contributed by atoms with E-state index >= 15 is 0 Å². The molecule has 2 atom stereocenters. The second-order valence-corrected chi connectivity index (χ2v) is 6.75. The molecule has 1 N–H and O–H groups in total. The van der Waals surface area contributed by atoms with Gasteiger partial charge in [0.1, 0.15) is 0 Å². The summed E-state index contributed by atoms with van der Waals surface area (Å²) in [4.78, 5) is 12.5. The van der Waals surface area contributed by atoms with Crippen molar-refractivity contribution in [2.24, 2.45) is 0 Å². The zero-order valence-electron chi connectivity index (χ0n) is 14.6. The summed E-state index contributed by atoms with van der Waals surface area (Å²) in [6, 6.07) is 8.80. The molecule has 0 radical (unpaired) electrons. The molecule has 3 rings (SSSR count). The summed E-state index contributed by atoms with van der Waals surface area (Å²) in [5.74, 6) is -1.55. The molecule has 1 fully saturated rings. The molecule has 2 aromatic carbocycles. The highest BCUT2D eigenvalue weighted by atomic mass is 19.4. The van der Waals surface area contributed by atoms with E-state index in [4.69, 9.17) is 0 Å². The molecule has 1 saturated carbocycles. The van der Waals surface area contributed by atoms with Gasteiger partial charge in [-0.05, 0) is 36.6 Å². The predicted octanol–water partition coefficient (Wildman–Crippen LogP) is 5.79. The molecule has 1 amide bonds. The van der Waals surface area contributed by atoms with E-state index in [1.807, 2.05) is 0 Å². The molecule has 0 saturated heterocycles. The Labute approximate surface area is 157 Å². The Balaban J connectivity index is 1.88. The highest BCUT2D eigenvalue weighted by Gasteiger charge is 2.40. The van der Waals surface area contributed by atoms with Crippen LogP contribution in [0.4, 0.5) is 26.3 Å². The summed E-state index contributed by atoms with van der Waals surface area (Å²) in [6.45, 7) is 0. The second kappa shape index (κ2) is 7.48. The minimum atomic E-state index is -4.70. The van der Waals surface area contributed by atoms with Gasteiger partial charge >= 0.3 is 12.4 Å². The molecule has 28 heavy (non-hydrogen) atoms. The van der Waals surface area contributed by atoms with Crippen LogP contribution in [0.15, 0.2) is 48.5 Å². The Morgan fingerprint density at radius 3 is 2.04 bits per heavy atom. The lowest BCUT2D eigenvalue weighted by molar-refractivity contribution is -0.139. The van der Waals surface area contributed by atoms with E-state index in [0.717, 1.165) is 18.2 Å². The van der Waals surface area contributed by atoms with Crippen LogP contribution in [0.1, 0.15) is 52.2 Å². The van der Waals surface area contributed by atoms with Crippen molar-refractivity contribution in [3.05, 3.63) is 70.8 Å². The molecule has 0 bridgehead atoms. The van der Waals surface area contributed by atoms with Crippen molar-refractivity contribution in [3.8, 4) is 0 Å². The van der Waals surface area contributed by atoms with Gasteiger partial charge < -0.3 is 5.32 Å². The molecule has 2 aromatic rings. The van der Waals surface area contributed by atoms with Crippen LogP contribution in [0.5, 0.6) is 0 Å². The summed E-state index contributed by atoms with van der Waals surface area (Å²) in [5.41, 5.74) is -2.33. The molecular formula is C20H17F6NO. The number of nitrogens with one attached hydrogen (secondary N) is 1. The fourth-order valence-electron chi connectivity index (χ4n) is 3.76. The monoisotopic (exact) mass is 401 g/mol. The van der Waals surface area contributed by atoms with Crippen LogP contribution in [0, 0.1) is 0 Å². The molecule has 0 aliphatic heterocycles. The van der Waals surface area contributed by atoms with Crippen molar-refractivity contribution in [1.29, 1.82) is 0 Å². The quantitative estimate of drug-likeness (QED) is 0.648. The second-order valence-electron chi connectivity index (χ2n) is 6.75. The summed E-state index contributed by atoms with van der Waals surface area (Å²) in [6.07, 6.45) is -7.86. The van der Waals surface area contributed by atoms with E-state index in [-0.39, 0.29) is 5.56 Å². The first kappa shape index (κ1) is 20.2. The lowest BCUT2D eigenvalue weighted by Gasteiger charge is -2.25. The molecular weight excluding hydrogens is 384 g/mol. The van der Waals surface area contributed by atoms with Crippen LogP contribution in [-0.4, -0.2) is 11.9 Å². The van der Waals surface area contributed by atoms with E-state index in [1.165, 1.54) is 30.3 Å². The average Bonchev–Trinajstić information content (AvgIpc) is 3.08. The van der Waals surface area contributed by atoms with Gasteiger partial charge in [-0.15, -0.1) is 0 Å². The normalized spacial score (nSPS) is 20.2. The Kier molecular flexibility index (Phi) is 5.41. The third-order valence-electron chi connectivity index (χ3n) is 4.98. The number of halogens is 6. The van der Waals surface area contributed by atoms with E-state index < -0.39 is 46.9 Å². The maximum absolute atomic E-state index is 13.3. The number of carbonyl (C=O) groups excluding carboxylic acids is 1. The third-order valence-corrected chi connectivity index (χ3v) is 4.98. The first-order valence-electron chi connectivity index (χ1n) is 8.72. The molecule has 1 aliphatic carbocycles. The minimum absolute atomic E-state index is 0.0573. The smallest absolute Gasteiger partial charge is 0.349 e. The summed E-state index contributed by atoms with van der Waals surface area (Å²) >= 11 is 0. The summed E-state index contributed by atoms with van der Waals surface area (Å²) in [7, 11) is 0. The Morgan fingerprint density at radius 1 is 0.821 bits per heavy atom. The maximum Gasteiger partial charge on any atom is 0.417 e. The topological polar surface area (TPSA) is 29.1 Å². The van der Waals surface area contributed by atoms with Crippen LogP contribution in [-0.2, 0) is 12.4 Å². The Hall–Kier alpha value is -2.51. The van der Waals surface area contributed by atoms with E-state index in [0.29, 0.717) is 19.3 Å². The number of rotatable bonds is 3. The van der Waals surface area contributed by atoms with E-state index in [9.17, 15) is 31.1 Å². The van der Waals surface area contributed by atoms with E-state index in [1.54, 1.807) is 0 Å². The fourth-order valence-corrected chi connectivity index (χ4v) is 3.76. The number of benzene rings is 2. The number of hydrogen-bond donors (Lipinski definition) is 1. The lowest BCUT2D eigenvalue weighted by atomic mass is 9.89. The first-order chi connectivity index (χ1) is 13.1. The van der Waals surface area contributed by atoms with Crippen LogP contribution >= 0.6 is 0 Å². The van der Waals surface area contributed by atoms with Gasteiger partial charge in [0.15, 0.2) is 0 Å². The Bertz CT molecular complexity index is 858. The molecule has 150 valence electrons. The van der Waals surface area contributed by atoms with Crippen molar-refractivity contribution in [2.75, 3.05) is 0 Å². The SMILES string of the molecule is O=C(N[C@@H]1CCC[C@H]1c1ccccc1C(F)(F)F)c1ccccc1C(F)(F)F. The van der Waals surface area contributed by atoms with Crippen LogP contribution in [0.25, 0.3) is 0 Å². The molecule has 8 heteroatoms. The van der Waals surface area contributed by atoms with Crippen LogP contribution in [0.3, 0.4) is 0 Å². The van der Waals surface area contributed by atoms with Crippen molar-refractivity contribution in [3.63, 3.8) is 0 Å². The molecule has 0 aromatic heterocycles. The van der Waals surface area contributed by atoms with E-state index in [2.05, 4.69) is 5.32 Å². The van der Waals surface area contributed by atoms with Gasteiger partial charge in [0.25, 0.3) is 5.91 Å². The van der Waals surface area contributed by atoms with Crippen LogP contribution in [0.2, 0.25) is 0 Å². The van der Waals surface area contributed by atoms with Gasteiger partial charge in [-0.1, -0.05) is 36.8 Å². The molecule has 1 aliphatic rings. The summed E-state index contributed by atoms with van der Waals surface area (Å²) < 4.78 is 79.4. The van der Waals surface area contributed by atoms with Crippen molar-refractivity contribution >= 4 is 5.91 Å². The van der Waals surface area contributed by atoms with Gasteiger partial charge in [-0.3, -0.25) is 4.79 Å². The molecule has 0 unspecified atom stereocenters. The van der Waals surface area contributed by atoms with Crippen molar-refractivity contribution in [2.45, 2.75) is 43.6 Å². The van der Waals surface area contributed by atoms with Crippen LogP contribution < -0.4 is 5.32 Å². The fraction of sp³-hybridized carbons (Fsp3) is 0.350. The highest BCUT2D eigenvalue weighted by molar-refractivity contribution is 5.96. The number of carbonyl (C=O) groups is 1. The number of alkyl halides is 6. The first-order valence-corrected chi connectivity index (χ1v) is 8.72. The predicted molar refractivity (Wildman–Crippen MR) is 90.7 cm³/mol. The largest absolute Gasteiger partial charge is 0.417 e. The van der Waals surface area contributed by atoms with Gasteiger partial charge in [0, 0.05) is 12.0 Å². The highest BCUT2D eigenvalue weighted by Crippen LogP contribution is 2.42.